The molecular formula is C16H25Cl2N3O3. The van der Waals surface area contributed by atoms with Crippen LogP contribution in [-0.4, -0.2) is 31.5 Å². The molecule has 0 heterocycles. The van der Waals surface area contributed by atoms with E-state index in [4.69, 9.17) is 22.1 Å². The lowest BCUT2D eigenvalue weighted by Crippen LogP contribution is -2.41. The van der Waals surface area contributed by atoms with Crippen LogP contribution in [0.1, 0.15) is 31.7 Å². The van der Waals surface area contributed by atoms with Crippen molar-refractivity contribution in [3.63, 3.8) is 0 Å². The van der Waals surface area contributed by atoms with Gasteiger partial charge in [-0.3, -0.25) is 9.59 Å². The fourth-order valence-electron chi connectivity index (χ4n) is 2.01. The second kappa shape index (κ2) is 11.1. The van der Waals surface area contributed by atoms with E-state index in [1.807, 2.05) is 13.8 Å². The molecule has 0 spiro atoms. The Morgan fingerprint density at radius 3 is 2.62 bits per heavy atom. The highest BCUT2D eigenvalue weighted by Crippen LogP contribution is 2.30. The molecule has 6 nitrogen and oxygen atoms in total. The molecule has 4 N–H and O–H groups in total. The second-order valence-electron chi connectivity index (χ2n) is 5.29. The molecule has 0 radical (unpaired) electrons. The molecule has 1 atom stereocenters. The third-order valence-corrected chi connectivity index (χ3v) is 3.75. The molecule has 0 aliphatic rings. The summed E-state index contributed by atoms with van der Waals surface area (Å²) in [4.78, 5) is 23.6. The van der Waals surface area contributed by atoms with Gasteiger partial charge in [-0.05, 0) is 25.0 Å². The molecule has 2 amide bonds. The summed E-state index contributed by atoms with van der Waals surface area (Å²) in [6.45, 7) is 4.03. The van der Waals surface area contributed by atoms with Crippen LogP contribution in [0.4, 0.5) is 5.69 Å². The van der Waals surface area contributed by atoms with Gasteiger partial charge in [0.15, 0.2) is 0 Å². The smallest absolute Gasteiger partial charge is 0.236 e. The van der Waals surface area contributed by atoms with Gasteiger partial charge in [0.25, 0.3) is 0 Å². The van der Waals surface area contributed by atoms with Crippen LogP contribution in [0.2, 0.25) is 5.02 Å². The minimum absolute atomic E-state index is 0. The molecule has 24 heavy (non-hydrogen) atoms. The number of carbonyl (C=O) groups is 2. The van der Waals surface area contributed by atoms with Crippen LogP contribution in [0.15, 0.2) is 12.1 Å². The molecule has 1 unspecified atom stereocenters. The highest BCUT2D eigenvalue weighted by molar-refractivity contribution is 6.31. The van der Waals surface area contributed by atoms with Crippen LogP contribution in [0.25, 0.3) is 0 Å². The van der Waals surface area contributed by atoms with Crippen LogP contribution in [0, 0.1) is 6.92 Å². The minimum atomic E-state index is -0.526. The highest BCUT2D eigenvalue weighted by atomic mass is 35.5. The number of rotatable bonds is 8. The Hall–Kier alpha value is -1.50. The molecule has 8 heteroatoms. The predicted molar refractivity (Wildman–Crippen MR) is 99.1 cm³/mol. The lowest BCUT2D eigenvalue weighted by Gasteiger charge is -2.13. The summed E-state index contributed by atoms with van der Waals surface area (Å²) < 4.78 is 5.20. The van der Waals surface area contributed by atoms with Crippen molar-refractivity contribution >= 4 is 41.5 Å². The van der Waals surface area contributed by atoms with E-state index < -0.39 is 6.04 Å². The summed E-state index contributed by atoms with van der Waals surface area (Å²) in [5.41, 5.74) is 7.08. The van der Waals surface area contributed by atoms with Crippen molar-refractivity contribution in [2.75, 3.05) is 19.0 Å². The summed E-state index contributed by atoms with van der Waals surface area (Å²) in [6, 6.07) is 2.87. The third-order valence-electron chi connectivity index (χ3n) is 3.34. The van der Waals surface area contributed by atoms with E-state index in [2.05, 4.69) is 10.6 Å². The van der Waals surface area contributed by atoms with E-state index in [9.17, 15) is 9.59 Å². The van der Waals surface area contributed by atoms with Crippen molar-refractivity contribution in [2.24, 2.45) is 5.73 Å². The van der Waals surface area contributed by atoms with E-state index in [0.717, 1.165) is 12.0 Å². The molecule has 0 aliphatic carbocycles. The first-order valence-electron chi connectivity index (χ1n) is 7.56. The SMILES string of the molecule is CCCC(N)C(=O)NCCC(=O)Nc1cc(C)c(Cl)cc1OC.Cl. The standard InChI is InChI=1S/C16H24ClN3O3.ClH/c1-4-5-12(18)16(22)19-7-6-15(21)20-13-8-10(2)11(17)9-14(13)23-3;/h8-9,12H,4-7,18H2,1-3H3,(H,19,22)(H,20,21);1H. The quantitative estimate of drug-likeness (QED) is 0.648. The highest BCUT2D eigenvalue weighted by Gasteiger charge is 2.13. The number of aryl methyl sites for hydroxylation is 1. The topological polar surface area (TPSA) is 93.5 Å². The molecule has 1 aromatic carbocycles. The molecule has 0 bridgehead atoms. The molecule has 0 aromatic heterocycles. The maximum Gasteiger partial charge on any atom is 0.236 e. The van der Waals surface area contributed by atoms with Crippen LogP contribution in [0.3, 0.4) is 0 Å². The molecule has 0 saturated heterocycles. The lowest BCUT2D eigenvalue weighted by molar-refractivity contribution is -0.122. The van der Waals surface area contributed by atoms with Gasteiger partial charge in [-0.15, -0.1) is 12.4 Å². The average molecular weight is 378 g/mol. The van der Waals surface area contributed by atoms with Crippen molar-refractivity contribution in [3.8, 4) is 5.75 Å². The number of carbonyl (C=O) groups excluding carboxylic acids is 2. The molecule has 0 fully saturated rings. The Morgan fingerprint density at radius 1 is 1.38 bits per heavy atom. The van der Waals surface area contributed by atoms with Crippen molar-refractivity contribution in [1.82, 2.24) is 5.32 Å². The zero-order chi connectivity index (χ0) is 17.4. The van der Waals surface area contributed by atoms with Crippen molar-refractivity contribution in [3.05, 3.63) is 22.7 Å². The summed E-state index contributed by atoms with van der Waals surface area (Å²) in [5.74, 6) is 0.0249. The molecular weight excluding hydrogens is 353 g/mol. The van der Waals surface area contributed by atoms with E-state index in [-0.39, 0.29) is 37.2 Å². The molecule has 1 aromatic rings. The monoisotopic (exact) mass is 377 g/mol. The van der Waals surface area contributed by atoms with Gasteiger partial charge in [-0.25, -0.2) is 0 Å². The van der Waals surface area contributed by atoms with Crippen molar-refractivity contribution in [2.45, 2.75) is 39.2 Å². The maximum atomic E-state index is 12.0. The van der Waals surface area contributed by atoms with Crippen LogP contribution >= 0.6 is 24.0 Å². The second-order valence-corrected chi connectivity index (χ2v) is 5.69. The van der Waals surface area contributed by atoms with E-state index in [1.165, 1.54) is 7.11 Å². The number of anilines is 1. The average Bonchev–Trinajstić information content (AvgIpc) is 2.50. The van der Waals surface area contributed by atoms with Gasteiger partial charge in [0.05, 0.1) is 18.8 Å². The van der Waals surface area contributed by atoms with Gasteiger partial charge < -0.3 is 21.1 Å². The largest absolute Gasteiger partial charge is 0.495 e. The summed E-state index contributed by atoms with van der Waals surface area (Å²) in [5, 5.41) is 5.98. The molecule has 0 aliphatic heterocycles. The summed E-state index contributed by atoms with van der Waals surface area (Å²) in [7, 11) is 1.51. The Kier molecular flexibility index (Phi) is 10.4. The number of benzene rings is 1. The molecule has 136 valence electrons. The van der Waals surface area contributed by atoms with Gasteiger partial charge in [-0.1, -0.05) is 24.9 Å². The van der Waals surface area contributed by atoms with Gasteiger partial charge in [0.2, 0.25) is 11.8 Å². The number of hydrogen-bond acceptors (Lipinski definition) is 4. The number of halogens is 2. The first-order chi connectivity index (χ1) is 10.9. The number of methoxy groups -OCH3 is 1. The Bertz CT molecular complexity index is 568. The lowest BCUT2D eigenvalue weighted by atomic mass is 10.1. The number of ether oxygens (including phenoxy) is 1. The fourth-order valence-corrected chi connectivity index (χ4v) is 2.17. The Labute approximate surface area is 153 Å². The molecule has 0 saturated carbocycles. The zero-order valence-corrected chi connectivity index (χ0v) is 15.7. The van der Waals surface area contributed by atoms with E-state index in [0.29, 0.717) is 22.9 Å². The number of nitrogens with one attached hydrogen (secondary N) is 2. The Balaban J connectivity index is 0.00000529. The predicted octanol–water partition coefficient (Wildman–Crippen LogP) is 2.65. The van der Waals surface area contributed by atoms with Gasteiger partial charge in [0.1, 0.15) is 5.75 Å². The fraction of sp³-hybridized carbons (Fsp3) is 0.500. The van der Waals surface area contributed by atoms with Crippen LogP contribution in [0.5, 0.6) is 5.75 Å². The third kappa shape index (κ3) is 6.95. The van der Waals surface area contributed by atoms with Crippen LogP contribution in [-0.2, 0) is 9.59 Å². The van der Waals surface area contributed by atoms with Crippen molar-refractivity contribution < 1.29 is 14.3 Å². The maximum absolute atomic E-state index is 12.0. The minimum Gasteiger partial charge on any atom is -0.495 e. The summed E-state index contributed by atoms with van der Waals surface area (Å²) >= 11 is 6.02. The summed E-state index contributed by atoms with van der Waals surface area (Å²) in [6.07, 6.45) is 1.61. The van der Waals surface area contributed by atoms with Gasteiger partial charge in [0, 0.05) is 24.1 Å². The first kappa shape index (κ1) is 22.5. The first-order valence-corrected chi connectivity index (χ1v) is 7.94. The Morgan fingerprint density at radius 2 is 2.04 bits per heavy atom. The van der Waals surface area contributed by atoms with E-state index in [1.54, 1.807) is 12.1 Å². The number of amides is 2. The van der Waals surface area contributed by atoms with Crippen LogP contribution < -0.4 is 21.1 Å². The number of hydrogen-bond donors (Lipinski definition) is 3. The number of nitrogens with two attached hydrogens (primary N) is 1. The van der Waals surface area contributed by atoms with Crippen molar-refractivity contribution in [1.29, 1.82) is 0 Å². The van der Waals surface area contributed by atoms with Gasteiger partial charge >= 0.3 is 0 Å². The van der Waals surface area contributed by atoms with Gasteiger partial charge in [-0.2, -0.15) is 0 Å². The van der Waals surface area contributed by atoms with E-state index >= 15 is 0 Å². The normalized spacial score (nSPS) is 11.2. The zero-order valence-electron chi connectivity index (χ0n) is 14.1. The molecule has 1 rings (SSSR count).